The maximum atomic E-state index is 6.10. The van der Waals surface area contributed by atoms with Crippen molar-refractivity contribution in [3.05, 3.63) is 42.0 Å². The highest BCUT2D eigenvalue weighted by atomic mass is 16.5. The Bertz CT molecular complexity index is 1020. The molecule has 2 heterocycles. The fraction of sp³-hybridized carbons (Fsp3) is 0.440. The van der Waals surface area contributed by atoms with Gasteiger partial charge in [0, 0.05) is 36.1 Å². The Hall–Kier alpha value is -2.70. The van der Waals surface area contributed by atoms with Crippen LogP contribution in [0.25, 0.3) is 22.2 Å². The van der Waals surface area contributed by atoms with Gasteiger partial charge in [0.1, 0.15) is 12.4 Å². The molecule has 4 rings (SSSR count). The Balaban J connectivity index is 1.61. The van der Waals surface area contributed by atoms with Crippen LogP contribution in [0.5, 0.6) is 17.2 Å². The summed E-state index contributed by atoms with van der Waals surface area (Å²) >= 11 is 0. The molecular weight excluding hydrogens is 392 g/mol. The van der Waals surface area contributed by atoms with Crippen LogP contribution in [0.1, 0.15) is 25.3 Å². The number of H-pyrrole nitrogens is 1. The smallest absolute Gasteiger partial charge is 0.161 e. The second-order valence-corrected chi connectivity index (χ2v) is 8.15. The first-order chi connectivity index (χ1) is 15.1. The van der Waals surface area contributed by atoms with Crippen molar-refractivity contribution in [1.82, 2.24) is 9.88 Å². The van der Waals surface area contributed by atoms with E-state index in [0.29, 0.717) is 12.5 Å². The third kappa shape index (κ3) is 4.65. The molecule has 6 heteroatoms. The number of fused-ring (bicyclic) bond motifs is 1. The van der Waals surface area contributed by atoms with E-state index >= 15 is 0 Å². The molecule has 1 aromatic heterocycles. The molecule has 6 nitrogen and oxygen atoms in total. The van der Waals surface area contributed by atoms with Crippen LogP contribution in [0.15, 0.2) is 36.4 Å². The lowest BCUT2D eigenvalue weighted by Gasteiger charge is -2.26. The van der Waals surface area contributed by atoms with Gasteiger partial charge in [0.25, 0.3) is 0 Å². The number of rotatable bonds is 8. The molecule has 2 aromatic carbocycles. The standard InChI is InChI=1S/C25H32N2O4/c1-17(2)24-20-16-19(31-14-11-27-9-12-30-13-10-27)6-7-21(20)26-25(24)18-5-8-22(28-3)23(15-18)29-4/h5-8,15-17,26H,9-14H2,1-4H3. The van der Waals surface area contributed by atoms with Crippen molar-refractivity contribution in [3.63, 3.8) is 0 Å². The summed E-state index contributed by atoms with van der Waals surface area (Å²) < 4.78 is 22.4. The highest BCUT2D eigenvalue weighted by molar-refractivity contribution is 5.92. The lowest BCUT2D eigenvalue weighted by Crippen LogP contribution is -2.38. The Morgan fingerprint density at radius 3 is 2.48 bits per heavy atom. The Kier molecular flexibility index (Phi) is 6.68. The largest absolute Gasteiger partial charge is 0.493 e. The lowest BCUT2D eigenvalue weighted by atomic mass is 9.96. The monoisotopic (exact) mass is 424 g/mol. The van der Waals surface area contributed by atoms with E-state index in [-0.39, 0.29) is 0 Å². The summed E-state index contributed by atoms with van der Waals surface area (Å²) in [4.78, 5) is 5.99. The SMILES string of the molecule is COc1ccc(-c2[nH]c3ccc(OCCN4CCOCC4)cc3c2C(C)C)cc1OC. The highest BCUT2D eigenvalue weighted by Gasteiger charge is 2.18. The summed E-state index contributed by atoms with van der Waals surface area (Å²) in [6.45, 7) is 9.62. The predicted molar refractivity (Wildman–Crippen MR) is 124 cm³/mol. The van der Waals surface area contributed by atoms with Gasteiger partial charge >= 0.3 is 0 Å². The van der Waals surface area contributed by atoms with Gasteiger partial charge in [0.2, 0.25) is 0 Å². The molecule has 1 aliphatic heterocycles. The van der Waals surface area contributed by atoms with Crippen LogP contribution in [0.4, 0.5) is 0 Å². The minimum atomic E-state index is 0.348. The van der Waals surface area contributed by atoms with Gasteiger partial charge in [-0.05, 0) is 47.9 Å². The van der Waals surface area contributed by atoms with Crippen LogP contribution in [0.2, 0.25) is 0 Å². The molecule has 0 spiro atoms. The third-order valence-corrected chi connectivity index (χ3v) is 5.84. The Morgan fingerprint density at radius 2 is 1.77 bits per heavy atom. The van der Waals surface area contributed by atoms with E-state index in [1.807, 2.05) is 18.2 Å². The van der Waals surface area contributed by atoms with Crippen LogP contribution in [0, 0.1) is 0 Å². The Labute approximate surface area is 184 Å². The molecule has 166 valence electrons. The zero-order valence-electron chi connectivity index (χ0n) is 18.9. The van der Waals surface area contributed by atoms with Crippen molar-refractivity contribution < 1.29 is 18.9 Å². The molecule has 3 aromatic rings. The molecule has 1 saturated heterocycles. The van der Waals surface area contributed by atoms with E-state index in [1.165, 1.54) is 10.9 Å². The number of aromatic amines is 1. The van der Waals surface area contributed by atoms with E-state index in [1.54, 1.807) is 14.2 Å². The van der Waals surface area contributed by atoms with Gasteiger partial charge in [0.05, 0.1) is 33.1 Å². The van der Waals surface area contributed by atoms with Gasteiger partial charge in [-0.2, -0.15) is 0 Å². The first-order valence-corrected chi connectivity index (χ1v) is 10.9. The first-order valence-electron chi connectivity index (χ1n) is 10.9. The van der Waals surface area contributed by atoms with Gasteiger partial charge in [0.15, 0.2) is 11.5 Å². The number of hydrogen-bond acceptors (Lipinski definition) is 5. The zero-order chi connectivity index (χ0) is 21.8. The molecular formula is C25H32N2O4. The maximum Gasteiger partial charge on any atom is 0.161 e. The molecule has 0 saturated carbocycles. The van der Waals surface area contributed by atoms with E-state index < -0.39 is 0 Å². The number of aromatic nitrogens is 1. The number of hydrogen-bond donors (Lipinski definition) is 1. The van der Waals surface area contributed by atoms with Gasteiger partial charge in [-0.15, -0.1) is 0 Å². The molecule has 0 radical (unpaired) electrons. The number of nitrogens with one attached hydrogen (secondary N) is 1. The number of methoxy groups -OCH3 is 2. The average Bonchev–Trinajstić information content (AvgIpc) is 3.18. The van der Waals surface area contributed by atoms with Gasteiger partial charge in [-0.25, -0.2) is 0 Å². The number of benzene rings is 2. The quantitative estimate of drug-likeness (QED) is 0.569. The van der Waals surface area contributed by atoms with Crippen LogP contribution in [-0.2, 0) is 4.74 Å². The normalized spacial score (nSPS) is 14.9. The van der Waals surface area contributed by atoms with Gasteiger partial charge in [-0.1, -0.05) is 13.8 Å². The molecule has 1 fully saturated rings. The van der Waals surface area contributed by atoms with Crippen molar-refractivity contribution in [2.45, 2.75) is 19.8 Å². The van der Waals surface area contributed by atoms with Crippen molar-refractivity contribution in [2.75, 3.05) is 53.7 Å². The molecule has 1 N–H and O–H groups in total. The third-order valence-electron chi connectivity index (χ3n) is 5.84. The molecule has 0 amide bonds. The molecule has 0 unspecified atom stereocenters. The van der Waals surface area contributed by atoms with E-state index in [9.17, 15) is 0 Å². The second-order valence-electron chi connectivity index (χ2n) is 8.15. The second kappa shape index (κ2) is 9.62. The summed E-state index contributed by atoms with van der Waals surface area (Å²) in [7, 11) is 3.32. The topological polar surface area (TPSA) is 56.0 Å². The molecule has 0 aliphatic carbocycles. The summed E-state index contributed by atoms with van der Waals surface area (Å²) in [5.41, 5.74) is 4.57. The molecule has 31 heavy (non-hydrogen) atoms. The highest BCUT2D eigenvalue weighted by Crippen LogP contribution is 2.39. The van der Waals surface area contributed by atoms with Crippen molar-refractivity contribution in [3.8, 4) is 28.5 Å². The molecule has 0 bridgehead atoms. The predicted octanol–water partition coefficient (Wildman–Crippen LogP) is 4.69. The van der Waals surface area contributed by atoms with Crippen LogP contribution in [-0.4, -0.2) is 63.6 Å². The maximum absolute atomic E-state index is 6.10. The van der Waals surface area contributed by atoms with Gasteiger partial charge in [-0.3, -0.25) is 4.90 Å². The summed E-state index contributed by atoms with van der Waals surface area (Å²) in [6, 6.07) is 12.3. The average molecular weight is 425 g/mol. The van der Waals surface area contributed by atoms with Crippen LogP contribution < -0.4 is 14.2 Å². The van der Waals surface area contributed by atoms with E-state index in [2.05, 4.69) is 41.9 Å². The van der Waals surface area contributed by atoms with Crippen molar-refractivity contribution in [1.29, 1.82) is 0 Å². The first kappa shape index (κ1) is 21.5. The summed E-state index contributed by atoms with van der Waals surface area (Å²) in [5.74, 6) is 2.70. The fourth-order valence-corrected chi connectivity index (χ4v) is 4.22. The van der Waals surface area contributed by atoms with Gasteiger partial charge < -0.3 is 23.9 Å². The van der Waals surface area contributed by atoms with Crippen LogP contribution >= 0.6 is 0 Å². The Morgan fingerprint density at radius 1 is 1.00 bits per heavy atom. The van der Waals surface area contributed by atoms with Crippen molar-refractivity contribution in [2.24, 2.45) is 0 Å². The minimum Gasteiger partial charge on any atom is -0.493 e. The summed E-state index contributed by atoms with van der Waals surface area (Å²) in [6.07, 6.45) is 0. The zero-order valence-corrected chi connectivity index (χ0v) is 18.9. The fourth-order valence-electron chi connectivity index (χ4n) is 4.22. The lowest BCUT2D eigenvalue weighted by molar-refractivity contribution is 0.0322. The molecule has 0 atom stereocenters. The number of nitrogens with zero attached hydrogens (tertiary/aromatic N) is 1. The number of ether oxygens (including phenoxy) is 4. The van der Waals surface area contributed by atoms with Crippen molar-refractivity contribution >= 4 is 10.9 Å². The van der Waals surface area contributed by atoms with E-state index in [0.717, 1.165) is 66.9 Å². The number of morpholine rings is 1. The van der Waals surface area contributed by atoms with Crippen LogP contribution in [0.3, 0.4) is 0 Å². The summed E-state index contributed by atoms with van der Waals surface area (Å²) in [5, 5.41) is 1.20. The molecule has 1 aliphatic rings. The van der Waals surface area contributed by atoms with E-state index in [4.69, 9.17) is 18.9 Å². The minimum absolute atomic E-state index is 0.348.